The van der Waals surface area contributed by atoms with Crippen LogP contribution < -0.4 is 16.0 Å². The molecule has 0 aliphatic rings. The van der Waals surface area contributed by atoms with Crippen LogP contribution in [0.5, 0.6) is 0 Å². The van der Waals surface area contributed by atoms with Gasteiger partial charge in [-0.25, -0.2) is 4.79 Å². The zero-order valence-electron chi connectivity index (χ0n) is 13.4. The molecular weight excluding hydrogens is 326 g/mol. The van der Waals surface area contributed by atoms with Crippen LogP contribution in [0, 0.1) is 0 Å². The van der Waals surface area contributed by atoms with Gasteiger partial charge in [0.2, 0.25) is 5.91 Å². The van der Waals surface area contributed by atoms with Gasteiger partial charge in [-0.2, -0.15) is 0 Å². The van der Waals surface area contributed by atoms with Crippen molar-refractivity contribution in [3.63, 3.8) is 0 Å². The van der Waals surface area contributed by atoms with E-state index in [2.05, 4.69) is 16.0 Å². The van der Waals surface area contributed by atoms with Crippen LogP contribution in [0.4, 0.5) is 10.5 Å². The summed E-state index contributed by atoms with van der Waals surface area (Å²) in [6, 6.07) is 14.2. The van der Waals surface area contributed by atoms with Crippen LogP contribution in [0.1, 0.15) is 18.1 Å². The minimum Gasteiger partial charge on any atom is -0.356 e. The molecule has 0 saturated carbocycles. The Morgan fingerprint density at radius 2 is 1.54 bits per heavy atom. The van der Waals surface area contributed by atoms with E-state index >= 15 is 0 Å². The molecule has 3 N–H and O–H groups in total. The fourth-order valence-electron chi connectivity index (χ4n) is 2.11. The first-order chi connectivity index (χ1) is 11.6. The van der Waals surface area contributed by atoms with E-state index in [1.54, 1.807) is 24.3 Å². The second-order valence-electron chi connectivity index (χ2n) is 5.26. The van der Waals surface area contributed by atoms with Crippen molar-refractivity contribution in [2.24, 2.45) is 0 Å². The maximum Gasteiger partial charge on any atom is 0.319 e. The zero-order chi connectivity index (χ0) is 17.4. The molecule has 3 amide bonds. The number of carbonyl (C=O) groups excluding carboxylic acids is 2. The van der Waals surface area contributed by atoms with E-state index in [0.29, 0.717) is 30.2 Å². The number of amides is 3. The van der Waals surface area contributed by atoms with Crippen molar-refractivity contribution >= 4 is 29.2 Å². The Hall–Kier alpha value is -2.53. The van der Waals surface area contributed by atoms with Gasteiger partial charge >= 0.3 is 6.03 Å². The molecule has 126 valence electrons. The number of hydrogen-bond donors (Lipinski definition) is 3. The average molecular weight is 346 g/mol. The first-order valence-electron chi connectivity index (χ1n) is 7.71. The highest BCUT2D eigenvalue weighted by Crippen LogP contribution is 2.11. The van der Waals surface area contributed by atoms with E-state index in [4.69, 9.17) is 11.6 Å². The molecular formula is C18H20ClN3O2. The van der Waals surface area contributed by atoms with Crippen molar-refractivity contribution in [2.45, 2.75) is 19.9 Å². The van der Waals surface area contributed by atoms with Crippen molar-refractivity contribution in [3.05, 3.63) is 64.7 Å². The summed E-state index contributed by atoms with van der Waals surface area (Å²) < 4.78 is 0. The fraction of sp³-hybridized carbons (Fsp3) is 0.222. The van der Waals surface area contributed by atoms with Crippen molar-refractivity contribution in [2.75, 3.05) is 11.9 Å². The predicted octanol–water partition coefficient (Wildman–Crippen LogP) is 3.34. The lowest BCUT2D eigenvalue weighted by Gasteiger charge is -2.09. The second kappa shape index (κ2) is 8.93. The van der Waals surface area contributed by atoms with Crippen LogP contribution in [0.25, 0.3) is 0 Å². The topological polar surface area (TPSA) is 70.2 Å². The van der Waals surface area contributed by atoms with Crippen molar-refractivity contribution in [1.82, 2.24) is 10.6 Å². The first-order valence-corrected chi connectivity index (χ1v) is 8.09. The minimum atomic E-state index is -0.290. The van der Waals surface area contributed by atoms with Crippen LogP contribution >= 0.6 is 11.6 Å². The largest absolute Gasteiger partial charge is 0.356 e. The highest BCUT2D eigenvalue weighted by atomic mass is 35.5. The van der Waals surface area contributed by atoms with Crippen LogP contribution in [-0.2, 0) is 17.8 Å². The van der Waals surface area contributed by atoms with E-state index in [9.17, 15) is 9.59 Å². The summed E-state index contributed by atoms with van der Waals surface area (Å²) >= 11 is 5.82. The molecule has 6 heteroatoms. The van der Waals surface area contributed by atoms with E-state index in [1.165, 1.54) is 0 Å². The Kier molecular flexibility index (Phi) is 6.63. The summed E-state index contributed by atoms with van der Waals surface area (Å²) in [7, 11) is 0. The quantitative estimate of drug-likeness (QED) is 0.751. The number of hydrogen-bond acceptors (Lipinski definition) is 2. The lowest BCUT2D eigenvalue weighted by Crippen LogP contribution is -2.28. The molecule has 2 aromatic carbocycles. The molecule has 0 fully saturated rings. The third-order valence-electron chi connectivity index (χ3n) is 3.32. The number of nitrogens with one attached hydrogen (secondary N) is 3. The maximum atomic E-state index is 11.9. The van der Waals surface area contributed by atoms with E-state index < -0.39 is 0 Å². The third-order valence-corrected chi connectivity index (χ3v) is 3.57. The second-order valence-corrected chi connectivity index (χ2v) is 5.70. The summed E-state index contributed by atoms with van der Waals surface area (Å²) in [6.07, 6.45) is 0.330. The van der Waals surface area contributed by atoms with E-state index in [0.717, 1.165) is 11.1 Å². The monoisotopic (exact) mass is 345 g/mol. The molecule has 0 spiro atoms. The lowest BCUT2D eigenvalue weighted by molar-refractivity contribution is -0.120. The molecule has 2 aromatic rings. The molecule has 2 rings (SSSR count). The van der Waals surface area contributed by atoms with Gasteiger partial charge in [0.15, 0.2) is 0 Å². The summed E-state index contributed by atoms with van der Waals surface area (Å²) in [4.78, 5) is 23.4. The van der Waals surface area contributed by atoms with Gasteiger partial charge in [0, 0.05) is 23.8 Å². The number of likely N-dealkylation sites (N-methyl/N-ethyl adjacent to an activating group) is 1. The van der Waals surface area contributed by atoms with E-state index in [1.807, 2.05) is 31.2 Å². The van der Waals surface area contributed by atoms with Crippen LogP contribution in [0.2, 0.25) is 5.02 Å². The van der Waals surface area contributed by atoms with Gasteiger partial charge in [0.05, 0.1) is 6.42 Å². The first kappa shape index (κ1) is 17.8. The van der Waals surface area contributed by atoms with Gasteiger partial charge < -0.3 is 16.0 Å². The van der Waals surface area contributed by atoms with Gasteiger partial charge in [-0.05, 0) is 42.3 Å². The Morgan fingerprint density at radius 3 is 2.17 bits per heavy atom. The highest BCUT2D eigenvalue weighted by Gasteiger charge is 2.04. The maximum absolute atomic E-state index is 11.9. The standard InChI is InChI=1S/C18H20ClN3O2/c1-2-20-17(23)11-13-5-9-16(10-6-13)22-18(24)21-12-14-3-7-15(19)8-4-14/h3-10H,2,11-12H2,1H3,(H,20,23)(H2,21,22,24). The number of halogens is 1. The van der Waals surface area contributed by atoms with Gasteiger partial charge in [-0.3, -0.25) is 4.79 Å². The summed E-state index contributed by atoms with van der Waals surface area (Å²) in [5, 5.41) is 8.94. The number of anilines is 1. The molecule has 5 nitrogen and oxygen atoms in total. The molecule has 0 aliphatic heterocycles. The molecule has 0 atom stereocenters. The Labute approximate surface area is 146 Å². The van der Waals surface area contributed by atoms with Crippen molar-refractivity contribution in [1.29, 1.82) is 0 Å². The lowest BCUT2D eigenvalue weighted by atomic mass is 10.1. The molecule has 0 heterocycles. The third kappa shape index (κ3) is 5.93. The van der Waals surface area contributed by atoms with Crippen molar-refractivity contribution in [3.8, 4) is 0 Å². The van der Waals surface area contributed by atoms with Gasteiger partial charge in [0.25, 0.3) is 0 Å². The molecule has 0 saturated heterocycles. The Morgan fingerprint density at radius 1 is 0.917 bits per heavy atom. The predicted molar refractivity (Wildman–Crippen MR) is 96.1 cm³/mol. The van der Waals surface area contributed by atoms with Gasteiger partial charge in [-0.1, -0.05) is 35.9 Å². The number of carbonyl (C=O) groups is 2. The average Bonchev–Trinajstić information content (AvgIpc) is 2.56. The number of rotatable bonds is 6. The SMILES string of the molecule is CCNC(=O)Cc1ccc(NC(=O)NCc2ccc(Cl)cc2)cc1. The van der Waals surface area contributed by atoms with Gasteiger partial charge in [0.1, 0.15) is 0 Å². The van der Waals surface area contributed by atoms with Crippen LogP contribution in [0.3, 0.4) is 0 Å². The van der Waals surface area contributed by atoms with Crippen LogP contribution in [0.15, 0.2) is 48.5 Å². The van der Waals surface area contributed by atoms with Crippen molar-refractivity contribution < 1.29 is 9.59 Å². The molecule has 0 aliphatic carbocycles. The molecule has 24 heavy (non-hydrogen) atoms. The summed E-state index contributed by atoms with van der Waals surface area (Å²) in [5.41, 5.74) is 2.53. The molecule has 0 bridgehead atoms. The summed E-state index contributed by atoms with van der Waals surface area (Å²) in [6.45, 7) is 2.91. The highest BCUT2D eigenvalue weighted by molar-refractivity contribution is 6.30. The summed E-state index contributed by atoms with van der Waals surface area (Å²) in [5.74, 6) is -0.0149. The molecule has 0 unspecified atom stereocenters. The fourth-order valence-corrected chi connectivity index (χ4v) is 2.24. The number of urea groups is 1. The Bertz CT molecular complexity index is 684. The molecule has 0 radical (unpaired) electrons. The zero-order valence-corrected chi connectivity index (χ0v) is 14.2. The smallest absolute Gasteiger partial charge is 0.319 e. The number of benzene rings is 2. The Balaban J connectivity index is 1.81. The molecule has 0 aromatic heterocycles. The minimum absolute atomic E-state index is 0.0149. The normalized spacial score (nSPS) is 10.1. The van der Waals surface area contributed by atoms with Gasteiger partial charge in [-0.15, -0.1) is 0 Å². The van der Waals surface area contributed by atoms with E-state index in [-0.39, 0.29) is 11.9 Å². The van der Waals surface area contributed by atoms with Crippen LogP contribution in [-0.4, -0.2) is 18.5 Å².